The van der Waals surface area contributed by atoms with Crippen LogP contribution in [-0.2, 0) is 19.5 Å². The van der Waals surface area contributed by atoms with Crippen molar-refractivity contribution in [1.82, 2.24) is 14.9 Å². The lowest BCUT2D eigenvalue weighted by atomic mass is 9.88. The number of nitrogens with one attached hydrogen (secondary N) is 1. The molecule has 0 bridgehead atoms. The fourth-order valence-corrected chi connectivity index (χ4v) is 4.28. The van der Waals surface area contributed by atoms with Crippen LogP contribution in [0.2, 0.25) is 0 Å². The quantitative estimate of drug-likeness (QED) is 0.694. The van der Waals surface area contributed by atoms with E-state index in [1.807, 2.05) is 18.2 Å². The lowest BCUT2D eigenvalue weighted by molar-refractivity contribution is 0.415. The Hall–Kier alpha value is -3.39. The van der Waals surface area contributed by atoms with Crippen LogP contribution in [0.25, 0.3) is 11.3 Å². The van der Waals surface area contributed by atoms with Crippen molar-refractivity contribution in [2.24, 2.45) is 0 Å². The van der Waals surface area contributed by atoms with Gasteiger partial charge < -0.3 is 10.2 Å². The number of fused-ring (bicyclic) bond motifs is 2. The van der Waals surface area contributed by atoms with Gasteiger partial charge in [0.2, 0.25) is 5.95 Å². The third kappa shape index (κ3) is 2.97. The first-order chi connectivity index (χ1) is 13.8. The summed E-state index contributed by atoms with van der Waals surface area (Å²) in [5, 5.41) is 12.9. The van der Waals surface area contributed by atoms with Crippen molar-refractivity contribution in [3.63, 3.8) is 0 Å². The Labute approximate surface area is 164 Å². The minimum atomic E-state index is 0.222. The highest BCUT2D eigenvalue weighted by molar-refractivity contribution is 5.66. The predicted molar refractivity (Wildman–Crippen MR) is 108 cm³/mol. The number of anilines is 1. The fourth-order valence-electron chi connectivity index (χ4n) is 4.28. The van der Waals surface area contributed by atoms with E-state index >= 15 is 0 Å². The maximum atomic E-state index is 9.35. The van der Waals surface area contributed by atoms with Gasteiger partial charge in [-0.1, -0.05) is 54.6 Å². The average Bonchev–Trinajstić information content (AvgIpc) is 3.17. The molecule has 1 aliphatic carbocycles. The normalized spacial score (nSPS) is 17.5. The number of aryl methyl sites for hydroxylation is 1. The summed E-state index contributed by atoms with van der Waals surface area (Å²) in [4.78, 5) is 11.4. The minimum Gasteiger partial charge on any atom is -0.347 e. The van der Waals surface area contributed by atoms with Crippen LogP contribution in [0.15, 0.2) is 54.6 Å². The van der Waals surface area contributed by atoms with Crippen LogP contribution < -0.4 is 5.32 Å². The van der Waals surface area contributed by atoms with E-state index in [0.29, 0.717) is 19.0 Å². The summed E-state index contributed by atoms with van der Waals surface area (Å²) in [5.74, 6) is 0.652. The van der Waals surface area contributed by atoms with Crippen LogP contribution in [-0.4, -0.2) is 14.9 Å². The molecular weight excluding hydrogens is 346 g/mol. The van der Waals surface area contributed by atoms with Crippen LogP contribution in [0.5, 0.6) is 0 Å². The van der Waals surface area contributed by atoms with Gasteiger partial charge in [0.25, 0.3) is 0 Å². The second-order valence-corrected chi connectivity index (χ2v) is 7.43. The molecule has 5 nitrogen and oxygen atoms in total. The van der Waals surface area contributed by atoms with E-state index in [1.165, 1.54) is 11.1 Å². The Morgan fingerprint density at radius 2 is 1.82 bits per heavy atom. The lowest BCUT2D eigenvalue weighted by Crippen LogP contribution is -2.19. The molecule has 1 atom stereocenters. The molecule has 0 radical (unpaired) electrons. The van der Waals surface area contributed by atoms with Crippen LogP contribution in [0.1, 0.15) is 41.3 Å². The van der Waals surface area contributed by atoms with Crippen molar-refractivity contribution in [1.29, 1.82) is 5.26 Å². The molecule has 0 amide bonds. The number of benzene rings is 2. The topological polar surface area (TPSA) is 64.8 Å². The van der Waals surface area contributed by atoms with Gasteiger partial charge in [0.1, 0.15) is 0 Å². The largest absolute Gasteiger partial charge is 0.347 e. The second-order valence-electron chi connectivity index (χ2n) is 7.43. The minimum absolute atomic E-state index is 0.222. The summed E-state index contributed by atoms with van der Waals surface area (Å²) in [6, 6.07) is 19.0. The van der Waals surface area contributed by atoms with Gasteiger partial charge in [-0.25, -0.2) is 9.97 Å². The zero-order valence-electron chi connectivity index (χ0n) is 15.6. The molecule has 28 heavy (non-hydrogen) atoms. The Kier molecular flexibility index (Phi) is 4.17. The van der Waals surface area contributed by atoms with E-state index in [1.54, 1.807) is 4.90 Å². The fraction of sp³-hybridized carbons (Fsp3) is 0.261. The molecule has 5 rings (SSSR count). The highest BCUT2D eigenvalue weighted by Gasteiger charge is 2.27. The van der Waals surface area contributed by atoms with E-state index in [0.717, 1.165) is 41.8 Å². The molecule has 0 spiro atoms. The molecule has 3 aromatic rings. The van der Waals surface area contributed by atoms with Gasteiger partial charge in [0.15, 0.2) is 6.19 Å². The van der Waals surface area contributed by atoms with E-state index in [9.17, 15) is 5.26 Å². The molecule has 2 aromatic carbocycles. The maximum Gasteiger partial charge on any atom is 0.224 e. The van der Waals surface area contributed by atoms with Crippen LogP contribution in [0.3, 0.4) is 0 Å². The summed E-state index contributed by atoms with van der Waals surface area (Å²) in [6.07, 6.45) is 5.61. The molecule has 0 fully saturated rings. The summed E-state index contributed by atoms with van der Waals surface area (Å²) < 4.78 is 0. The highest BCUT2D eigenvalue weighted by Crippen LogP contribution is 2.34. The molecule has 5 heteroatoms. The van der Waals surface area contributed by atoms with Crippen molar-refractivity contribution in [2.75, 3.05) is 5.32 Å². The van der Waals surface area contributed by atoms with E-state index in [-0.39, 0.29) is 6.04 Å². The molecule has 2 aliphatic rings. The Bertz CT molecular complexity index is 1050. The molecule has 138 valence electrons. The monoisotopic (exact) mass is 367 g/mol. The number of aromatic nitrogens is 2. The van der Waals surface area contributed by atoms with Gasteiger partial charge in [-0.3, -0.25) is 0 Å². The van der Waals surface area contributed by atoms with Crippen molar-refractivity contribution in [3.8, 4) is 17.5 Å². The van der Waals surface area contributed by atoms with Gasteiger partial charge in [-0.05, 0) is 30.4 Å². The highest BCUT2D eigenvalue weighted by atomic mass is 15.2. The molecule has 1 N–H and O–H groups in total. The smallest absolute Gasteiger partial charge is 0.224 e. The van der Waals surface area contributed by atoms with E-state index in [2.05, 4.69) is 47.9 Å². The number of nitrogens with zero attached hydrogens (tertiary/aromatic N) is 4. The number of hydrogen-bond donors (Lipinski definition) is 1. The summed E-state index contributed by atoms with van der Waals surface area (Å²) in [5.41, 5.74) is 6.75. The first-order valence-electron chi connectivity index (χ1n) is 9.76. The number of rotatable bonds is 3. The van der Waals surface area contributed by atoms with Crippen LogP contribution in [0, 0.1) is 11.5 Å². The van der Waals surface area contributed by atoms with E-state index < -0.39 is 0 Å². The lowest BCUT2D eigenvalue weighted by Gasteiger charge is -2.26. The maximum absolute atomic E-state index is 9.35. The van der Waals surface area contributed by atoms with Crippen LogP contribution >= 0.6 is 0 Å². The molecular formula is C23H21N5. The van der Waals surface area contributed by atoms with Crippen LogP contribution in [0.4, 0.5) is 5.95 Å². The third-order valence-corrected chi connectivity index (χ3v) is 5.64. The Morgan fingerprint density at radius 1 is 1.00 bits per heavy atom. The zero-order chi connectivity index (χ0) is 18.9. The Morgan fingerprint density at radius 3 is 2.68 bits per heavy atom. The molecule has 0 saturated heterocycles. The first kappa shape index (κ1) is 16.8. The standard InChI is InChI=1S/C23H21N5/c24-15-28-13-19-21(14-28)26-23(27-22(19)17-8-2-1-3-9-17)25-20-12-6-10-16-7-4-5-11-18(16)20/h1-5,7-9,11,20H,6,10,12-14H2,(H,25,26,27). The molecule has 1 unspecified atom stereocenters. The summed E-state index contributed by atoms with van der Waals surface area (Å²) in [7, 11) is 0. The van der Waals surface area contributed by atoms with Gasteiger partial charge in [0.05, 0.1) is 30.5 Å². The van der Waals surface area contributed by atoms with Gasteiger partial charge in [0, 0.05) is 11.1 Å². The van der Waals surface area contributed by atoms with Crippen molar-refractivity contribution in [3.05, 3.63) is 77.0 Å². The zero-order valence-corrected chi connectivity index (χ0v) is 15.6. The SMILES string of the molecule is N#CN1Cc2nc(NC3CCCc4ccccc43)nc(-c3ccccc3)c2C1. The van der Waals surface area contributed by atoms with Crippen molar-refractivity contribution in [2.45, 2.75) is 38.4 Å². The van der Waals surface area contributed by atoms with Gasteiger partial charge >= 0.3 is 0 Å². The van der Waals surface area contributed by atoms with Gasteiger partial charge in [-0.15, -0.1) is 0 Å². The molecule has 0 saturated carbocycles. The Balaban J connectivity index is 1.54. The van der Waals surface area contributed by atoms with Crippen molar-refractivity contribution >= 4 is 5.95 Å². The molecule has 2 heterocycles. The van der Waals surface area contributed by atoms with Gasteiger partial charge in [-0.2, -0.15) is 5.26 Å². The molecule has 1 aliphatic heterocycles. The summed E-state index contributed by atoms with van der Waals surface area (Å²) >= 11 is 0. The number of hydrogen-bond acceptors (Lipinski definition) is 5. The second kappa shape index (κ2) is 6.97. The predicted octanol–water partition coefficient (Wildman–Crippen LogP) is 4.43. The molecule has 1 aromatic heterocycles. The number of nitriles is 1. The first-order valence-corrected chi connectivity index (χ1v) is 9.76. The summed E-state index contributed by atoms with van der Waals surface area (Å²) in [6.45, 7) is 1.12. The van der Waals surface area contributed by atoms with E-state index in [4.69, 9.17) is 9.97 Å². The third-order valence-electron chi connectivity index (χ3n) is 5.64. The average molecular weight is 367 g/mol. The van der Waals surface area contributed by atoms with Crippen molar-refractivity contribution < 1.29 is 0 Å².